The van der Waals surface area contributed by atoms with Crippen LogP contribution in [0.3, 0.4) is 0 Å². The summed E-state index contributed by atoms with van der Waals surface area (Å²) >= 11 is 0. The summed E-state index contributed by atoms with van der Waals surface area (Å²) in [5, 5.41) is 12.5. The summed E-state index contributed by atoms with van der Waals surface area (Å²) in [6, 6.07) is 12.5. The molecule has 30 heavy (non-hydrogen) atoms. The minimum absolute atomic E-state index is 0.0986. The number of amides is 1. The molecule has 2 aromatic carbocycles. The second-order valence-corrected chi connectivity index (χ2v) is 8.60. The van der Waals surface area contributed by atoms with Crippen LogP contribution < -0.4 is 0 Å². The summed E-state index contributed by atoms with van der Waals surface area (Å²) < 4.78 is 0. The first-order valence-electron chi connectivity index (χ1n) is 12.0. The highest BCUT2D eigenvalue weighted by Gasteiger charge is 2.32. The van der Waals surface area contributed by atoms with Gasteiger partial charge < -0.3 is 10.0 Å². The topological polar surface area (TPSA) is 40.5 Å². The van der Waals surface area contributed by atoms with Crippen LogP contribution in [0.1, 0.15) is 108 Å². The molecule has 1 N–H and O–H groups in total. The standard InChI is InChI=1S/C27H41NO2/c1-6-12-22(13-7-2)28(23(14-8-3)15-9-4)27(30)26-24(20(5)29)19-18-21-16-10-11-17-25(21)26/h10-11,16-20,22-23,29H,6-9,12-15H2,1-5H3/t20-/m1/s1. The quantitative estimate of drug-likeness (QED) is 0.399. The van der Waals surface area contributed by atoms with Crippen LogP contribution in [0.15, 0.2) is 36.4 Å². The Bertz CT molecular complexity index is 771. The van der Waals surface area contributed by atoms with Crippen LogP contribution in [0.4, 0.5) is 0 Å². The van der Waals surface area contributed by atoms with E-state index in [1.165, 1.54) is 0 Å². The zero-order valence-electron chi connectivity index (χ0n) is 19.7. The molecule has 0 bridgehead atoms. The van der Waals surface area contributed by atoms with Gasteiger partial charge in [0, 0.05) is 12.1 Å². The Labute approximate surface area is 183 Å². The van der Waals surface area contributed by atoms with Gasteiger partial charge in [-0.2, -0.15) is 0 Å². The van der Waals surface area contributed by atoms with Crippen molar-refractivity contribution in [2.24, 2.45) is 0 Å². The second kappa shape index (κ2) is 12.1. The Morgan fingerprint density at radius 2 is 1.33 bits per heavy atom. The first-order chi connectivity index (χ1) is 14.5. The fraction of sp³-hybridized carbons (Fsp3) is 0.593. The molecule has 0 aromatic heterocycles. The lowest BCUT2D eigenvalue weighted by Crippen LogP contribution is -2.47. The maximum atomic E-state index is 14.3. The second-order valence-electron chi connectivity index (χ2n) is 8.60. The summed E-state index contributed by atoms with van der Waals surface area (Å²) in [6.07, 6.45) is 7.70. The van der Waals surface area contributed by atoms with Crippen LogP contribution in [0.5, 0.6) is 0 Å². The van der Waals surface area contributed by atoms with Gasteiger partial charge in [0.15, 0.2) is 0 Å². The lowest BCUT2D eigenvalue weighted by atomic mass is 9.91. The van der Waals surface area contributed by atoms with Gasteiger partial charge in [0.25, 0.3) is 5.91 Å². The molecule has 0 radical (unpaired) electrons. The van der Waals surface area contributed by atoms with Crippen LogP contribution in [-0.4, -0.2) is 28.0 Å². The van der Waals surface area contributed by atoms with E-state index in [0.717, 1.165) is 67.7 Å². The third-order valence-corrected chi connectivity index (χ3v) is 6.13. The lowest BCUT2D eigenvalue weighted by molar-refractivity contribution is 0.0507. The van der Waals surface area contributed by atoms with E-state index in [2.05, 4.69) is 32.6 Å². The van der Waals surface area contributed by atoms with Crippen LogP contribution in [0.25, 0.3) is 10.8 Å². The van der Waals surface area contributed by atoms with Gasteiger partial charge in [-0.05, 0) is 48.9 Å². The molecule has 2 aromatic rings. The fourth-order valence-corrected chi connectivity index (χ4v) is 4.81. The molecule has 0 aliphatic carbocycles. The highest BCUT2D eigenvalue weighted by molar-refractivity contribution is 6.08. The van der Waals surface area contributed by atoms with Crippen molar-refractivity contribution in [2.75, 3.05) is 0 Å². The van der Waals surface area contributed by atoms with Gasteiger partial charge in [0.2, 0.25) is 0 Å². The van der Waals surface area contributed by atoms with E-state index in [4.69, 9.17) is 0 Å². The van der Waals surface area contributed by atoms with E-state index in [9.17, 15) is 9.90 Å². The summed E-state index contributed by atoms with van der Waals surface area (Å²) in [6.45, 7) is 10.6. The van der Waals surface area contributed by atoms with E-state index in [0.29, 0.717) is 5.56 Å². The molecule has 0 spiro atoms. The molecule has 2 rings (SSSR count). The first kappa shape index (κ1) is 24.4. The minimum atomic E-state index is -0.679. The molecule has 1 amide bonds. The van der Waals surface area contributed by atoms with E-state index in [1.807, 2.05) is 36.4 Å². The molecule has 1 atom stereocenters. The maximum Gasteiger partial charge on any atom is 0.255 e. The fourth-order valence-electron chi connectivity index (χ4n) is 4.81. The number of nitrogens with zero attached hydrogens (tertiary/aromatic N) is 1. The number of carbonyl (C=O) groups is 1. The lowest BCUT2D eigenvalue weighted by Gasteiger charge is -2.39. The molecule has 0 heterocycles. The van der Waals surface area contributed by atoms with Crippen molar-refractivity contribution in [3.63, 3.8) is 0 Å². The SMILES string of the molecule is CCCC(CCC)N(C(=O)c1c([C@@H](C)O)ccc2ccccc12)C(CCC)CCC. The van der Waals surface area contributed by atoms with Gasteiger partial charge in [-0.1, -0.05) is 89.8 Å². The smallest absolute Gasteiger partial charge is 0.255 e. The normalized spacial score (nSPS) is 12.7. The van der Waals surface area contributed by atoms with Crippen molar-refractivity contribution in [1.82, 2.24) is 4.90 Å². The Morgan fingerprint density at radius 1 is 0.833 bits per heavy atom. The average molecular weight is 412 g/mol. The average Bonchev–Trinajstić information content (AvgIpc) is 2.73. The van der Waals surface area contributed by atoms with E-state index in [-0.39, 0.29) is 18.0 Å². The molecule has 0 saturated carbocycles. The molecule has 3 heteroatoms. The number of hydrogen-bond donors (Lipinski definition) is 1. The molecule has 0 aliphatic heterocycles. The number of aliphatic hydroxyl groups is 1. The Morgan fingerprint density at radius 3 is 1.80 bits per heavy atom. The largest absolute Gasteiger partial charge is 0.389 e. The summed E-state index contributed by atoms with van der Waals surface area (Å²) in [4.78, 5) is 16.5. The van der Waals surface area contributed by atoms with Crippen LogP contribution in [0.2, 0.25) is 0 Å². The Kier molecular flexibility index (Phi) is 9.84. The molecule has 0 unspecified atom stereocenters. The molecule has 0 saturated heterocycles. The third-order valence-electron chi connectivity index (χ3n) is 6.13. The van der Waals surface area contributed by atoms with Gasteiger partial charge in [0.1, 0.15) is 0 Å². The van der Waals surface area contributed by atoms with Gasteiger partial charge in [0.05, 0.1) is 11.7 Å². The summed E-state index contributed by atoms with van der Waals surface area (Å²) in [5.74, 6) is 0.0986. The Hall–Kier alpha value is -1.87. The number of carbonyl (C=O) groups excluding carboxylic acids is 1. The summed E-state index contributed by atoms with van der Waals surface area (Å²) in [5.41, 5.74) is 1.43. The minimum Gasteiger partial charge on any atom is -0.389 e. The summed E-state index contributed by atoms with van der Waals surface area (Å²) in [7, 11) is 0. The third kappa shape index (κ3) is 5.63. The highest BCUT2D eigenvalue weighted by atomic mass is 16.3. The van der Waals surface area contributed by atoms with Crippen LogP contribution >= 0.6 is 0 Å². The van der Waals surface area contributed by atoms with Gasteiger partial charge in [-0.3, -0.25) is 4.79 Å². The predicted molar refractivity (Wildman–Crippen MR) is 128 cm³/mol. The van der Waals surface area contributed by atoms with E-state index < -0.39 is 6.10 Å². The van der Waals surface area contributed by atoms with Crippen molar-refractivity contribution < 1.29 is 9.90 Å². The molecule has 0 fully saturated rings. The predicted octanol–water partition coefficient (Wildman–Crippen LogP) is 7.27. The van der Waals surface area contributed by atoms with Crippen molar-refractivity contribution in [3.8, 4) is 0 Å². The molecular formula is C27H41NO2. The molecule has 0 aliphatic rings. The van der Waals surface area contributed by atoms with E-state index >= 15 is 0 Å². The van der Waals surface area contributed by atoms with Crippen LogP contribution in [0, 0.1) is 0 Å². The zero-order valence-corrected chi connectivity index (χ0v) is 19.7. The maximum absolute atomic E-state index is 14.3. The van der Waals surface area contributed by atoms with Crippen molar-refractivity contribution in [2.45, 2.75) is 104 Å². The van der Waals surface area contributed by atoms with Crippen molar-refractivity contribution in [3.05, 3.63) is 47.5 Å². The Balaban J connectivity index is 2.68. The van der Waals surface area contributed by atoms with Gasteiger partial charge in [-0.15, -0.1) is 0 Å². The monoisotopic (exact) mass is 411 g/mol. The number of benzene rings is 2. The molecular weight excluding hydrogens is 370 g/mol. The first-order valence-corrected chi connectivity index (χ1v) is 12.0. The van der Waals surface area contributed by atoms with Gasteiger partial charge in [-0.25, -0.2) is 0 Å². The van der Waals surface area contributed by atoms with E-state index in [1.54, 1.807) is 6.92 Å². The van der Waals surface area contributed by atoms with Gasteiger partial charge >= 0.3 is 0 Å². The van der Waals surface area contributed by atoms with Crippen molar-refractivity contribution >= 4 is 16.7 Å². The number of aliphatic hydroxyl groups excluding tert-OH is 1. The molecule has 166 valence electrons. The highest BCUT2D eigenvalue weighted by Crippen LogP contribution is 2.32. The van der Waals surface area contributed by atoms with Crippen molar-refractivity contribution in [1.29, 1.82) is 0 Å². The number of fused-ring (bicyclic) bond motifs is 1. The molecule has 3 nitrogen and oxygen atoms in total. The number of rotatable bonds is 12. The number of hydrogen-bond acceptors (Lipinski definition) is 2. The van der Waals surface area contributed by atoms with Crippen LogP contribution in [-0.2, 0) is 0 Å². The zero-order chi connectivity index (χ0) is 22.1.